The number of hydrogen-bond donors (Lipinski definition) is 2. The Morgan fingerprint density at radius 2 is 2.06 bits per heavy atom. The summed E-state index contributed by atoms with van der Waals surface area (Å²) < 4.78 is 5.14. The predicted molar refractivity (Wildman–Crippen MR) is 57.6 cm³/mol. The SMILES string of the molecule is CC(C)(C)OC(=O)C1CC=C[C@@]1(N)C(=O)O. The van der Waals surface area contributed by atoms with Crippen LogP contribution in [-0.4, -0.2) is 28.2 Å². The van der Waals surface area contributed by atoms with E-state index in [1.807, 2.05) is 0 Å². The van der Waals surface area contributed by atoms with Crippen molar-refractivity contribution >= 4 is 11.9 Å². The first kappa shape index (κ1) is 12.7. The lowest BCUT2D eigenvalue weighted by Crippen LogP contribution is -2.54. The number of carbonyl (C=O) groups excluding carboxylic acids is 1. The minimum Gasteiger partial charge on any atom is -0.480 e. The third-order valence-electron chi connectivity index (χ3n) is 2.40. The Bertz CT molecular complexity index is 342. The maximum Gasteiger partial charge on any atom is 0.328 e. The highest BCUT2D eigenvalue weighted by Gasteiger charge is 2.48. The van der Waals surface area contributed by atoms with Crippen LogP contribution in [0.5, 0.6) is 0 Å². The zero-order valence-corrected chi connectivity index (χ0v) is 9.69. The summed E-state index contributed by atoms with van der Waals surface area (Å²) in [6, 6.07) is 0. The van der Waals surface area contributed by atoms with Crippen LogP contribution in [0.3, 0.4) is 0 Å². The molecule has 1 aliphatic carbocycles. The van der Waals surface area contributed by atoms with E-state index in [-0.39, 0.29) is 0 Å². The van der Waals surface area contributed by atoms with Crippen molar-refractivity contribution < 1.29 is 19.4 Å². The third-order valence-corrected chi connectivity index (χ3v) is 2.40. The van der Waals surface area contributed by atoms with Gasteiger partial charge in [0.05, 0.1) is 5.92 Å². The van der Waals surface area contributed by atoms with Gasteiger partial charge in [-0.2, -0.15) is 0 Å². The van der Waals surface area contributed by atoms with Crippen LogP contribution in [-0.2, 0) is 14.3 Å². The average molecular weight is 227 g/mol. The molecule has 1 unspecified atom stereocenters. The van der Waals surface area contributed by atoms with E-state index >= 15 is 0 Å². The van der Waals surface area contributed by atoms with Gasteiger partial charge in [-0.3, -0.25) is 4.79 Å². The minimum atomic E-state index is -1.64. The van der Waals surface area contributed by atoms with Crippen LogP contribution in [0.15, 0.2) is 12.2 Å². The molecular weight excluding hydrogens is 210 g/mol. The van der Waals surface area contributed by atoms with E-state index in [0.29, 0.717) is 6.42 Å². The summed E-state index contributed by atoms with van der Waals surface area (Å²) >= 11 is 0. The quantitative estimate of drug-likeness (QED) is 0.535. The number of carbonyl (C=O) groups is 2. The summed E-state index contributed by atoms with van der Waals surface area (Å²) in [4.78, 5) is 22.8. The normalized spacial score (nSPS) is 29.1. The first-order valence-corrected chi connectivity index (χ1v) is 5.09. The Kier molecular flexibility index (Phi) is 3.10. The first-order chi connectivity index (χ1) is 7.17. The van der Waals surface area contributed by atoms with Crippen LogP contribution < -0.4 is 5.73 Å². The van der Waals surface area contributed by atoms with Crippen molar-refractivity contribution in [2.45, 2.75) is 38.3 Å². The molecule has 0 aromatic rings. The van der Waals surface area contributed by atoms with Gasteiger partial charge in [0, 0.05) is 0 Å². The molecule has 16 heavy (non-hydrogen) atoms. The molecule has 0 fully saturated rings. The highest BCUT2D eigenvalue weighted by atomic mass is 16.6. The number of allylic oxidation sites excluding steroid dienone is 1. The molecule has 0 heterocycles. The second kappa shape index (κ2) is 3.90. The average Bonchev–Trinajstić information content (AvgIpc) is 2.45. The van der Waals surface area contributed by atoms with Gasteiger partial charge in [0.15, 0.2) is 0 Å². The van der Waals surface area contributed by atoms with Crippen molar-refractivity contribution in [3.63, 3.8) is 0 Å². The van der Waals surface area contributed by atoms with E-state index in [0.717, 1.165) is 0 Å². The van der Waals surface area contributed by atoms with E-state index in [9.17, 15) is 9.59 Å². The molecule has 0 radical (unpaired) electrons. The standard InChI is InChI=1S/C11H17NO4/c1-10(2,3)16-8(13)7-5-4-6-11(7,12)9(14)15/h4,6-7H,5,12H2,1-3H3,(H,14,15)/t7?,11-/m0/s1. The van der Waals surface area contributed by atoms with Gasteiger partial charge in [-0.1, -0.05) is 12.2 Å². The van der Waals surface area contributed by atoms with Crippen LogP contribution in [0.2, 0.25) is 0 Å². The molecular formula is C11H17NO4. The molecule has 0 aromatic heterocycles. The van der Waals surface area contributed by atoms with E-state index in [1.165, 1.54) is 6.08 Å². The highest BCUT2D eigenvalue weighted by Crippen LogP contribution is 2.30. The second-order valence-electron chi connectivity index (χ2n) is 4.96. The molecule has 3 N–H and O–H groups in total. The number of hydrogen-bond acceptors (Lipinski definition) is 4. The van der Waals surface area contributed by atoms with E-state index in [2.05, 4.69) is 0 Å². The van der Waals surface area contributed by atoms with Gasteiger partial charge >= 0.3 is 11.9 Å². The lowest BCUT2D eigenvalue weighted by molar-refractivity contribution is -0.165. The molecule has 5 heteroatoms. The van der Waals surface area contributed by atoms with Gasteiger partial charge in [-0.25, -0.2) is 4.79 Å². The largest absolute Gasteiger partial charge is 0.480 e. The lowest BCUT2D eigenvalue weighted by Gasteiger charge is -2.28. The topological polar surface area (TPSA) is 89.6 Å². The summed E-state index contributed by atoms with van der Waals surface area (Å²) in [5, 5.41) is 9.01. The smallest absolute Gasteiger partial charge is 0.328 e. The number of carboxylic acid groups (broad SMARTS) is 1. The van der Waals surface area contributed by atoms with Crippen molar-refractivity contribution in [2.24, 2.45) is 11.7 Å². The molecule has 0 spiro atoms. The maximum absolute atomic E-state index is 11.8. The van der Waals surface area contributed by atoms with Crippen LogP contribution in [0, 0.1) is 5.92 Å². The fourth-order valence-corrected chi connectivity index (χ4v) is 1.59. The van der Waals surface area contributed by atoms with Crippen molar-refractivity contribution in [2.75, 3.05) is 0 Å². The Labute approximate surface area is 94.3 Å². The number of esters is 1. The number of carboxylic acids is 1. The molecule has 0 bridgehead atoms. The molecule has 2 atom stereocenters. The molecule has 0 saturated heterocycles. The molecule has 0 amide bonds. The predicted octanol–water partition coefficient (Wildman–Crippen LogP) is 0.686. The molecule has 5 nitrogen and oxygen atoms in total. The zero-order valence-electron chi connectivity index (χ0n) is 9.69. The molecule has 1 aliphatic rings. The summed E-state index contributed by atoms with van der Waals surface area (Å²) in [7, 11) is 0. The van der Waals surface area contributed by atoms with Crippen LogP contribution >= 0.6 is 0 Å². The van der Waals surface area contributed by atoms with Gasteiger partial charge in [-0.15, -0.1) is 0 Å². The van der Waals surface area contributed by atoms with Gasteiger partial charge < -0.3 is 15.6 Å². The number of nitrogens with two attached hydrogens (primary N) is 1. The van der Waals surface area contributed by atoms with Crippen LogP contribution in [0.4, 0.5) is 0 Å². The first-order valence-electron chi connectivity index (χ1n) is 5.09. The van der Waals surface area contributed by atoms with Gasteiger partial charge in [0.25, 0.3) is 0 Å². The van der Waals surface area contributed by atoms with Crippen molar-refractivity contribution in [3.8, 4) is 0 Å². The number of ether oxygens (including phenoxy) is 1. The fraction of sp³-hybridized carbons (Fsp3) is 0.636. The van der Waals surface area contributed by atoms with Crippen molar-refractivity contribution in [3.05, 3.63) is 12.2 Å². The maximum atomic E-state index is 11.8. The molecule has 0 aromatic carbocycles. The second-order valence-corrected chi connectivity index (χ2v) is 4.96. The monoisotopic (exact) mass is 227 g/mol. The lowest BCUT2D eigenvalue weighted by atomic mass is 9.88. The minimum absolute atomic E-state index is 0.303. The van der Waals surface area contributed by atoms with E-state index in [1.54, 1.807) is 26.8 Å². The van der Waals surface area contributed by atoms with Gasteiger partial charge in [0.1, 0.15) is 11.1 Å². The molecule has 1 rings (SSSR count). The Balaban J connectivity index is 2.83. The van der Waals surface area contributed by atoms with Crippen molar-refractivity contribution in [1.29, 1.82) is 0 Å². The molecule has 90 valence electrons. The Hall–Kier alpha value is -1.36. The van der Waals surface area contributed by atoms with E-state index in [4.69, 9.17) is 15.6 Å². The van der Waals surface area contributed by atoms with Crippen molar-refractivity contribution in [1.82, 2.24) is 0 Å². The summed E-state index contributed by atoms with van der Waals surface area (Å²) in [6.07, 6.45) is 3.25. The highest BCUT2D eigenvalue weighted by molar-refractivity contribution is 5.90. The van der Waals surface area contributed by atoms with Gasteiger partial charge in [0.2, 0.25) is 0 Å². The van der Waals surface area contributed by atoms with Crippen LogP contribution in [0.1, 0.15) is 27.2 Å². The zero-order chi connectivity index (χ0) is 12.6. The Morgan fingerprint density at radius 3 is 2.50 bits per heavy atom. The number of rotatable bonds is 2. The van der Waals surface area contributed by atoms with Crippen LogP contribution in [0.25, 0.3) is 0 Å². The third kappa shape index (κ3) is 2.41. The number of aliphatic carboxylic acids is 1. The molecule has 0 saturated carbocycles. The Morgan fingerprint density at radius 1 is 1.50 bits per heavy atom. The summed E-state index contributed by atoms with van der Waals surface area (Å²) in [5.41, 5.74) is 3.40. The fourth-order valence-electron chi connectivity index (χ4n) is 1.59. The summed E-state index contributed by atoms with van der Waals surface area (Å²) in [5.74, 6) is -2.62. The molecule has 0 aliphatic heterocycles. The van der Waals surface area contributed by atoms with E-state index < -0.39 is 29.0 Å². The van der Waals surface area contributed by atoms with Gasteiger partial charge in [-0.05, 0) is 27.2 Å². The summed E-state index contributed by atoms with van der Waals surface area (Å²) in [6.45, 7) is 5.19.